The van der Waals surface area contributed by atoms with Gasteiger partial charge >= 0.3 is 0 Å². The first-order chi connectivity index (χ1) is 8.56. The normalized spacial score (nSPS) is 10.1. The molecule has 0 bridgehead atoms. The number of phenolic OH excluding ortho intramolecular Hbond substituents is 2. The van der Waals surface area contributed by atoms with Crippen LogP contribution in [0.3, 0.4) is 0 Å². The predicted octanol–water partition coefficient (Wildman–Crippen LogP) is 1.79. The quantitative estimate of drug-likeness (QED) is 0.769. The summed E-state index contributed by atoms with van der Waals surface area (Å²) in [4.78, 5) is 19.4. The van der Waals surface area contributed by atoms with Crippen LogP contribution in [0.1, 0.15) is 10.4 Å². The van der Waals surface area contributed by atoms with E-state index in [0.29, 0.717) is 0 Å². The topological polar surface area (TPSA) is 95.3 Å². The number of hydrogen-bond acceptors (Lipinski definition) is 5. The van der Waals surface area contributed by atoms with Crippen LogP contribution < -0.4 is 5.32 Å². The van der Waals surface area contributed by atoms with E-state index in [0.717, 1.165) is 6.07 Å². The fraction of sp³-hybridized carbons (Fsp3) is 0. The molecule has 0 unspecified atom stereocenters. The van der Waals surface area contributed by atoms with Gasteiger partial charge in [0.1, 0.15) is 11.5 Å². The molecule has 7 heteroatoms. The zero-order chi connectivity index (χ0) is 13.1. The number of anilines is 1. The van der Waals surface area contributed by atoms with E-state index < -0.39 is 5.91 Å². The molecule has 1 amide bonds. The van der Waals surface area contributed by atoms with Crippen molar-refractivity contribution in [3.63, 3.8) is 0 Å². The molecule has 0 fully saturated rings. The molecule has 92 valence electrons. The Kier molecular flexibility index (Phi) is 3.29. The number of benzene rings is 1. The second-order valence-corrected chi connectivity index (χ2v) is 3.75. The molecule has 0 aliphatic rings. The Morgan fingerprint density at radius 3 is 2.33 bits per heavy atom. The van der Waals surface area contributed by atoms with E-state index >= 15 is 0 Å². The summed E-state index contributed by atoms with van der Waals surface area (Å²) in [6, 6.07) is 3.53. The van der Waals surface area contributed by atoms with Gasteiger partial charge in [-0.2, -0.15) is 0 Å². The second-order valence-electron chi connectivity index (χ2n) is 3.39. The average Bonchev–Trinajstić information content (AvgIpc) is 2.31. The van der Waals surface area contributed by atoms with Gasteiger partial charge in [-0.3, -0.25) is 4.79 Å². The van der Waals surface area contributed by atoms with E-state index in [9.17, 15) is 15.0 Å². The average molecular weight is 266 g/mol. The SMILES string of the molecule is O=C(Nc1nccnc1Cl)c1cc(O)cc(O)c1. The molecule has 0 saturated heterocycles. The highest BCUT2D eigenvalue weighted by molar-refractivity contribution is 6.32. The monoisotopic (exact) mass is 265 g/mol. The Hall–Kier alpha value is -2.34. The number of rotatable bonds is 2. The molecule has 0 radical (unpaired) electrons. The van der Waals surface area contributed by atoms with Crippen molar-refractivity contribution in [2.45, 2.75) is 0 Å². The number of aromatic nitrogens is 2. The second kappa shape index (κ2) is 4.89. The molecule has 3 N–H and O–H groups in total. The summed E-state index contributed by atoms with van der Waals surface area (Å²) in [6.07, 6.45) is 2.76. The van der Waals surface area contributed by atoms with Gasteiger partial charge in [0.2, 0.25) is 0 Å². The summed E-state index contributed by atoms with van der Waals surface area (Å²) < 4.78 is 0. The Labute approximate surface area is 107 Å². The van der Waals surface area contributed by atoms with Gasteiger partial charge in [0.05, 0.1) is 0 Å². The number of halogens is 1. The van der Waals surface area contributed by atoms with Gasteiger partial charge in [-0.05, 0) is 12.1 Å². The van der Waals surface area contributed by atoms with Crippen LogP contribution in [-0.2, 0) is 0 Å². The summed E-state index contributed by atoms with van der Waals surface area (Å²) in [5.74, 6) is -0.897. The highest BCUT2D eigenvalue weighted by Gasteiger charge is 2.11. The lowest BCUT2D eigenvalue weighted by molar-refractivity contribution is 0.102. The molecule has 1 aromatic carbocycles. The molecule has 18 heavy (non-hydrogen) atoms. The third-order valence-electron chi connectivity index (χ3n) is 2.05. The van der Waals surface area contributed by atoms with Crippen LogP contribution in [0, 0.1) is 0 Å². The van der Waals surface area contributed by atoms with E-state index in [1.54, 1.807) is 0 Å². The van der Waals surface area contributed by atoms with E-state index in [4.69, 9.17) is 11.6 Å². The zero-order valence-electron chi connectivity index (χ0n) is 8.96. The van der Waals surface area contributed by atoms with E-state index in [1.807, 2.05) is 0 Å². The first kappa shape index (κ1) is 12.1. The van der Waals surface area contributed by atoms with Gasteiger partial charge in [-0.1, -0.05) is 11.6 Å². The lowest BCUT2D eigenvalue weighted by Gasteiger charge is -2.06. The van der Waals surface area contributed by atoms with Gasteiger partial charge in [0.25, 0.3) is 5.91 Å². The Bertz CT molecular complexity index is 584. The number of phenols is 2. The Morgan fingerprint density at radius 2 is 1.72 bits per heavy atom. The molecule has 0 atom stereocenters. The lowest BCUT2D eigenvalue weighted by Crippen LogP contribution is -2.13. The van der Waals surface area contributed by atoms with Crippen molar-refractivity contribution in [3.05, 3.63) is 41.3 Å². The smallest absolute Gasteiger partial charge is 0.257 e. The molecule has 0 aliphatic carbocycles. The van der Waals surface area contributed by atoms with Crippen LogP contribution in [0.2, 0.25) is 5.15 Å². The van der Waals surface area contributed by atoms with E-state index in [-0.39, 0.29) is 28.0 Å². The third-order valence-corrected chi connectivity index (χ3v) is 2.33. The lowest BCUT2D eigenvalue weighted by atomic mass is 10.2. The van der Waals surface area contributed by atoms with Crippen molar-refractivity contribution in [3.8, 4) is 11.5 Å². The molecule has 0 aliphatic heterocycles. The Morgan fingerprint density at radius 1 is 1.11 bits per heavy atom. The van der Waals surface area contributed by atoms with Gasteiger partial charge in [0, 0.05) is 24.0 Å². The van der Waals surface area contributed by atoms with Gasteiger partial charge in [-0.15, -0.1) is 0 Å². The Balaban J connectivity index is 2.25. The minimum atomic E-state index is -0.566. The summed E-state index contributed by atoms with van der Waals surface area (Å²) in [7, 11) is 0. The van der Waals surface area contributed by atoms with E-state index in [2.05, 4.69) is 15.3 Å². The van der Waals surface area contributed by atoms with Crippen molar-refractivity contribution < 1.29 is 15.0 Å². The highest BCUT2D eigenvalue weighted by Crippen LogP contribution is 2.22. The third kappa shape index (κ3) is 2.67. The maximum atomic E-state index is 11.8. The van der Waals surface area contributed by atoms with E-state index in [1.165, 1.54) is 24.5 Å². The fourth-order valence-electron chi connectivity index (χ4n) is 1.31. The van der Waals surface area contributed by atoms with Crippen LogP contribution >= 0.6 is 11.6 Å². The standard InChI is InChI=1S/C11H8ClN3O3/c12-9-10(14-2-1-13-9)15-11(18)6-3-7(16)5-8(17)4-6/h1-5,16-17H,(H,14,15,18). The minimum absolute atomic E-state index is 0.0511. The summed E-state index contributed by atoms with van der Waals surface area (Å²) >= 11 is 5.73. The number of aromatic hydroxyl groups is 2. The van der Waals surface area contributed by atoms with Crippen molar-refractivity contribution >= 4 is 23.3 Å². The summed E-state index contributed by atoms with van der Waals surface area (Å²) in [5, 5.41) is 21.0. The molecule has 2 rings (SSSR count). The molecular formula is C11H8ClN3O3. The maximum absolute atomic E-state index is 11.8. The molecule has 0 spiro atoms. The molecule has 6 nitrogen and oxygen atoms in total. The van der Waals surface area contributed by atoms with Gasteiger partial charge in [-0.25, -0.2) is 9.97 Å². The number of nitrogens with one attached hydrogen (secondary N) is 1. The van der Waals surface area contributed by atoms with Crippen LogP contribution in [0.25, 0.3) is 0 Å². The highest BCUT2D eigenvalue weighted by atomic mass is 35.5. The number of carbonyl (C=O) groups is 1. The summed E-state index contributed by atoms with van der Waals surface area (Å²) in [6.45, 7) is 0. The molecule has 1 heterocycles. The number of nitrogens with zero attached hydrogens (tertiary/aromatic N) is 2. The molecule has 1 aromatic heterocycles. The van der Waals surface area contributed by atoms with Gasteiger partial charge < -0.3 is 15.5 Å². The molecule has 2 aromatic rings. The number of carbonyl (C=O) groups excluding carboxylic acids is 1. The van der Waals surface area contributed by atoms with Crippen LogP contribution in [0.15, 0.2) is 30.6 Å². The fourth-order valence-corrected chi connectivity index (χ4v) is 1.46. The number of amides is 1. The first-order valence-corrected chi connectivity index (χ1v) is 5.25. The van der Waals surface area contributed by atoms with Gasteiger partial charge in [0.15, 0.2) is 11.0 Å². The summed E-state index contributed by atoms with van der Waals surface area (Å²) in [5.41, 5.74) is 0.0780. The minimum Gasteiger partial charge on any atom is -0.508 e. The van der Waals surface area contributed by atoms with Crippen molar-refractivity contribution in [2.24, 2.45) is 0 Å². The van der Waals surface area contributed by atoms with Crippen molar-refractivity contribution in [1.29, 1.82) is 0 Å². The number of hydrogen-bond donors (Lipinski definition) is 3. The van der Waals surface area contributed by atoms with Crippen molar-refractivity contribution in [1.82, 2.24) is 9.97 Å². The van der Waals surface area contributed by atoms with Crippen LogP contribution in [0.4, 0.5) is 5.82 Å². The maximum Gasteiger partial charge on any atom is 0.257 e. The molecule has 0 saturated carbocycles. The first-order valence-electron chi connectivity index (χ1n) is 4.87. The zero-order valence-corrected chi connectivity index (χ0v) is 9.72. The van der Waals surface area contributed by atoms with Crippen molar-refractivity contribution in [2.75, 3.05) is 5.32 Å². The largest absolute Gasteiger partial charge is 0.508 e. The molecular weight excluding hydrogens is 258 g/mol. The van der Waals surface area contributed by atoms with Crippen LogP contribution in [0.5, 0.6) is 11.5 Å². The van der Waals surface area contributed by atoms with Crippen LogP contribution in [-0.4, -0.2) is 26.1 Å². The predicted molar refractivity (Wildman–Crippen MR) is 64.8 cm³/mol.